The molecule has 0 spiro atoms. The molecular formula is C14H15ClN2. The number of rotatable bonds is 2. The van der Waals surface area contributed by atoms with Crippen LogP contribution in [0.15, 0.2) is 24.3 Å². The van der Waals surface area contributed by atoms with E-state index in [2.05, 4.69) is 42.0 Å². The first kappa shape index (κ1) is 12.1. The zero-order chi connectivity index (χ0) is 12.4. The number of aromatic nitrogens is 2. The van der Waals surface area contributed by atoms with Crippen molar-refractivity contribution in [3.63, 3.8) is 0 Å². The second-order valence-corrected chi connectivity index (χ2v) is 4.53. The van der Waals surface area contributed by atoms with Gasteiger partial charge in [0.1, 0.15) is 11.0 Å². The number of benzene rings is 1. The highest BCUT2D eigenvalue weighted by atomic mass is 35.5. The molecule has 2 nitrogen and oxygen atoms in total. The van der Waals surface area contributed by atoms with Crippen LogP contribution in [0.1, 0.15) is 23.9 Å². The van der Waals surface area contributed by atoms with E-state index < -0.39 is 0 Å². The lowest BCUT2D eigenvalue weighted by atomic mass is 10.0. The maximum atomic E-state index is 6.00. The first-order valence-electron chi connectivity index (χ1n) is 5.71. The SMILES string of the molecule is CCc1nc(Cl)cc(-c2ccc(C)c(C)c2)n1. The monoisotopic (exact) mass is 246 g/mol. The molecule has 0 atom stereocenters. The highest BCUT2D eigenvalue weighted by Gasteiger charge is 2.05. The van der Waals surface area contributed by atoms with Gasteiger partial charge in [0.15, 0.2) is 0 Å². The summed E-state index contributed by atoms with van der Waals surface area (Å²) in [5.41, 5.74) is 4.52. The lowest BCUT2D eigenvalue weighted by Gasteiger charge is -2.06. The van der Waals surface area contributed by atoms with E-state index in [1.54, 1.807) is 0 Å². The van der Waals surface area contributed by atoms with Crippen molar-refractivity contribution in [1.29, 1.82) is 0 Å². The molecule has 0 bridgehead atoms. The van der Waals surface area contributed by atoms with Crippen LogP contribution in [-0.2, 0) is 6.42 Å². The minimum absolute atomic E-state index is 0.505. The van der Waals surface area contributed by atoms with E-state index >= 15 is 0 Å². The third-order valence-electron chi connectivity index (χ3n) is 2.86. The summed E-state index contributed by atoms with van der Waals surface area (Å²) >= 11 is 6.00. The van der Waals surface area contributed by atoms with Crippen LogP contribution in [0.5, 0.6) is 0 Å². The molecule has 0 amide bonds. The predicted octanol–water partition coefficient (Wildman–Crippen LogP) is 3.98. The van der Waals surface area contributed by atoms with Crippen molar-refractivity contribution in [2.75, 3.05) is 0 Å². The Hall–Kier alpha value is -1.41. The molecule has 2 rings (SSSR count). The van der Waals surface area contributed by atoms with Crippen molar-refractivity contribution < 1.29 is 0 Å². The lowest BCUT2D eigenvalue weighted by molar-refractivity contribution is 0.943. The van der Waals surface area contributed by atoms with Crippen molar-refractivity contribution in [3.05, 3.63) is 46.4 Å². The largest absolute Gasteiger partial charge is 0.233 e. The summed E-state index contributed by atoms with van der Waals surface area (Å²) in [5, 5.41) is 0.505. The molecule has 3 heteroatoms. The summed E-state index contributed by atoms with van der Waals surface area (Å²) in [6.07, 6.45) is 0.790. The molecule has 1 aromatic heterocycles. The molecule has 0 radical (unpaired) electrons. The van der Waals surface area contributed by atoms with Gasteiger partial charge in [-0.1, -0.05) is 30.7 Å². The second-order valence-electron chi connectivity index (χ2n) is 4.14. The fraction of sp³-hybridized carbons (Fsp3) is 0.286. The van der Waals surface area contributed by atoms with Crippen LogP contribution in [0.2, 0.25) is 5.15 Å². The van der Waals surface area contributed by atoms with E-state index in [4.69, 9.17) is 11.6 Å². The normalized spacial score (nSPS) is 10.6. The Morgan fingerprint density at radius 3 is 2.47 bits per heavy atom. The Morgan fingerprint density at radius 2 is 1.82 bits per heavy atom. The van der Waals surface area contributed by atoms with Gasteiger partial charge in [0.05, 0.1) is 5.69 Å². The van der Waals surface area contributed by atoms with Gasteiger partial charge in [-0.3, -0.25) is 0 Å². The molecule has 1 aromatic carbocycles. The molecular weight excluding hydrogens is 232 g/mol. The molecule has 0 aliphatic heterocycles. The minimum atomic E-state index is 0.505. The number of hydrogen-bond donors (Lipinski definition) is 0. The van der Waals surface area contributed by atoms with Crippen molar-refractivity contribution in [2.45, 2.75) is 27.2 Å². The summed E-state index contributed by atoms with van der Waals surface area (Å²) in [5.74, 6) is 0.783. The quantitative estimate of drug-likeness (QED) is 0.750. The Bertz CT molecular complexity index is 550. The van der Waals surface area contributed by atoms with Gasteiger partial charge in [-0.05, 0) is 31.0 Å². The highest BCUT2D eigenvalue weighted by Crippen LogP contribution is 2.22. The summed E-state index contributed by atoms with van der Waals surface area (Å²) < 4.78 is 0. The van der Waals surface area contributed by atoms with Gasteiger partial charge < -0.3 is 0 Å². The Morgan fingerprint density at radius 1 is 1.06 bits per heavy atom. The van der Waals surface area contributed by atoms with E-state index in [1.165, 1.54) is 11.1 Å². The third kappa shape index (κ3) is 2.64. The third-order valence-corrected chi connectivity index (χ3v) is 3.05. The molecule has 0 unspecified atom stereocenters. The number of hydrogen-bond acceptors (Lipinski definition) is 2. The second kappa shape index (κ2) is 4.84. The van der Waals surface area contributed by atoms with Gasteiger partial charge in [-0.25, -0.2) is 9.97 Å². The highest BCUT2D eigenvalue weighted by molar-refractivity contribution is 6.29. The summed E-state index contributed by atoms with van der Waals surface area (Å²) in [6.45, 7) is 6.22. The van der Waals surface area contributed by atoms with Crippen LogP contribution in [0, 0.1) is 13.8 Å². The average molecular weight is 247 g/mol. The van der Waals surface area contributed by atoms with E-state index in [0.717, 1.165) is 23.5 Å². The lowest BCUT2D eigenvalue weighted by Crippen LogP contribution is -1.96. The van der Waals surface area contributed by atoms with E-state index in [0.29, 0.717) is 5.15 Å². The van der Waals surface area contributed by atoms with Gasteiger partial charge in [0, 0.05) is 18.1 Å². The average Bonchev–Trinajstić information content (AvgIpc) is 2.32. The van der Waals surface area contributed by atoms with Crippen molar-refractivity contribution in [3.8, 4) is 11.3 Å². The first-order chi connectivity index (χ1) is 8.10. The van der Waals surface area contributed by atoms with Crippen LogP contribution in [0.3, 0.4) is 0 Å². The molecule has 2 aromatic rings. The topological polar surface area (TPSA) is 25.8 Å². The van der Waals surface area contributed by atoms with Crippen LogP contribution < -0.4 is 0 Å². The molecule has 17 heavy (non-hydrogen) atoms. The van der Waals surface area contributed by atoms with Gasteiger partial charge in [-0.2, -0.15) is 0 Å². The molecule has 0 saturated carbocycles. The molecule has 0 fully saturated rings. The Kier molecular flexibility index (Phi) is 3.43. The van der Waals surface area contributed by atoms with Gasteiger partial charge >= 0.3 is 0 Å². The molecule has 0 saturated heterocycles. The minimum Gasteiger partial charge on any atom is -0.233 e. The standard InChI is InChI=1S/C14H15ClN2/c1-4-14-16-12(8-13(15)17-14)11-6-5-9(2)10(3)7-11/h5-8H,4H2,1-3H3. The summed E-state index contributed by atoms with van der Waals surface area (Å²) in [6, 6.07) is 8.12. The Balaban J connectivity index is 2.52. The fourth-order valence-electron chi connectivity index (χ4n) is 1.67. The predicted molar refractivity (Wildman–Crippen MR) is 71.3 cm³/mol. The fourth-order valence-corrected chi connectivity index (χ4v) is 1.87. The maximum absolute atomic E-state index is 6.00. The molecule has 1 heterocycles. The van der Waals surface area contributed by atoms with Crippen LogP contribution >= 0.6 is 11.6 Å². The van der Waals surface area contributed by atoms with E-state index in [-0.39, 0.29) is 0 Å². The first-order valence-corrected chi connectivity index (χ1v) is 6.09. The molecule has 0 N–H and O–H groups in total. The number of aryl methyl sites for hydroxylation is 3. The van der Waals surface area contributed by atoms with Gasteiger partial charge in [0.2, 0.25) is 0 Å². The van der Waals surface area contributed by atoms with Crippen LogP contribution in [-0.4, -0.2) is 9.97 Å². The number of nitrogens with zero attached hydrogens (tertiary/aromatic N) is 2. The number of halogens is 1. The Labute approximate surface area is 107 Å². The maximum Gasteiger partial charge on any atom is 0.133 e. The van der Waals surface area contributed by atoms with Gasteiger partial charge in [-0.15, -0.1) is 0 Å². The molecule has 88 valence electrons. The molecule has 0 aliphatic rings. The van der Waals surface area contributed by atoms with Gasteiger partial charge in [0.25, 0.3) is 0 Å². The van der Waals surface area contributed by atoms with Crippen molar-refractivity contribution in [1.82, 2.24) is 9.97 Å². The van der Waals surface area contributed by atoms with Crippen LogP contribution in [0.4, 0.5) is 0 Å². The van der Waals surface area contributed by atoms with Crippen molar-refractivity contribution in [2.24, 2.45) is 0 Å². The summed E-state index contributed by atoms with van der Waals surface area (Å²) in [4.78, 5) is 8.67. The zero-order valence-corrected chi connectivity index (χ0v) is 11.0. The zero-order valence-electron chi connectivity index (χ0n) is 10.3. The van der Waals surface area contributed by atoms with E-state index in [1.807, 2.05) is 13.0 Å². The van der Waals surface area contributed by atoms with Crippen LogP contribution in [0.25, 0.3) is 11.3 Å². The summed E-state index contributed by atoms with van der Waals surface area (Å²) in [7, 11) is 0. The van der Waals surface area contributed by atoms with Crippen molar-refractivity contribution >= 4 is 11.6 Å². The van der Waals surface area contributed by atoms with E-state index in [9.17, 15) is 0 Å². The smallest absolute Gasteiger partial charge is 0.133 e. The molecule has 0 aliphatic carbocycles.